The number of halogens is 3. The third kappa shape index (κ3) is 4.80. The molecule has 0 fully saturated rings. The number of alkyl halides is 3. The molecule has 0 amide bonds. The Hall–Kier alpha value is -4.48. The number of hydrogen-bond donors (Lipinski definition) is 1. The number of ether oxygens (including phenoxy) is 1. The van der Waals surface area contributed by atoms with Crippen molar-refractivity contribution >= 4 is 5.97 Å². The van der Waals surface area contributed by atoms with Gasteiger partial charge in [-0.05, 0) is 36.8 Å². The average molecular weight is 471 g/mol. The first-order valence-electron chi connectivity index (χ1n) is 9.90. The lowest BCUT2D eigenvalue weighted by Gasteiger charge is -2.12. The number of carboxylic acid groups (broad SMARTS) is 1. The fourth-order valence-electron chi connectivity index (χ4n) is 3.17. The van der Waals surface area contributed by atoms with E-state index in [1.807, 2.05) is 6.92 Å². The van der Waals surface area contributed by atoms with Crippen molar-refractivity contribution in [2.45, 2.75) is 19.7 Å². The van der Waals surface area contributed by atoms with Crippen molar-refractivity contribution in [3.05, 3.63) is 82.4 Å². The van der Waals surface area contributed by atoms with Gasteiger partial charge in [-0.1, -0.05) is 13.0 Å². The van der Waals surface area contributed by atoms with Crippen LogP contribution in [0.4, 0.5) is 13.2 Å². The van der Waals surface area contributed by atoms with Gasteiger partial charge in [0.25, 0.3) is 0 Å². The molecule has 174 valence electrons. The summed E-state index contributed by atoms with van der Waals surface area (Å²) in [6, 6.07) is 10.6. The van der Waals surface area contributed by atoms with Gasteiger partial charge in [0.1, 0.15) is 11.4 Å². The van der Waals surface area contributed by atoms with E-state index in [1.165, 1.54) is 52.1 Å². The van der Waals surface area contributed by atoms with E-state index in [-0.39, 0.29) is 28.5 Å². The summed E-state index contributed by atoms with van der Waals surface area (Å²) in [5.41, 5.74) is 0.500. The standard InChI is InChI=1S/C22H16F3N5O4/c1-2-14-11-17(30(27-14)19-10-13(21(32)33)6-8-26-19)20-18(31)7-9-29(28-20)15-4-3-5-16(12-15)34-22(23,24)25/h3-12H,2H2,1H3,(H,32,33). The van der Waals surface area contributed by atoms with Crippen LogP contribution in [0.3, 0.4) is 0 Å². The zero-order chi connectivity index (χ0) is 24.5. The number of carbonyl (C=O) groups is 1. The zero-order valence-electron chi connectivity index (χ0n) is 17.5. The summed E-state index contributed by atoms with van der Waals surface area (Å²) in [6.45, 7) is 1.85. The molecule has 0 unspecified atom stereocenters. The normalized spacial score (nSPS) is 11.4. The first-order chi connectivity index (χ1) is 16.1. The first kappa shape index (κ1) is 22.7. The van der Waals surface area contributed by atoms with E-state index in [0.29, 0.717) is 12.1 Å². The molecule has 0 spiro atoms. The molecule has 3 heterocycles. The summed E-state index contributed by atoms with van der Waals surface area (Å²) < 4.78 is 44.3. The Morgan fingerprint density at radius 2 is 1.91 bits per heavy atom. The number of aromatic carboxylic acids is 1. The van der Waals surface area contributed by atoms with Crippen LogP contribution in [-0.2, 0) is 6.42 Å². The van der Waals surface area contributed by atoms with Gasteiger partial charge in [-0.2, -0.15) is 10.2 Å². The predicted octanol–water partition coefficient (Wildman–Crippen LogP) is 3.64. The molecule has 0 saturated heterocycles. The van der Waals surface area contributed by atoms with Gasteiger partial charge in [0.2, 0.25) is 5.43 Å². The highest BCUT2D eigenvalue weighted by atomic mass is 19.4. The van der Waals surface area contributed by atoms with E-state index in [0.717, 1.165) is 12.1 Å². The van der Waals surface area contributed by atoms with Gasteiger partial charge in [0.05, 0.1) is 16.9 Å². The maximum Gasteiger partial charge on any atom is 0.573 e. The third-order valence-corrected chi connectivity index (χ3v) is 4.70. The SMILES string of the molecule is CCc1cc(-c2nn(-c3cccc(OC(F)(F)F)c3)ccc2=O)n(-c2cc(C(=O)O)ccn2)n1. The van der Waals surface area contributed by atoms with Gasteiger partial charge in [0, 0.05) is 24.5 Å². The topological polar surface area (TPSA) is 112 Å². The highest BCUT2D eigenvalue weighted by Crippen LogP contribution is 2.25. The summed E-state index contributed by atoms with van der Waals surface area (Å²) in [6.07, 6.45) is -1.74. The number of aromatic nitrogens is 5. The van der Waals surface area contributed by atoms with E-state index < -0.39 is 23.5 Å². The number of carboxylic acids is 1. The summed E-state index contributed by atoms with van der Waals surface area (Å²) in [4.78, 5) is 28.2. The number of rotatable bonds is 6. The van der Waals surface area contributed by atoms with Crippen molar-refractivity contribution in [2.75, 3.05) is 0 Å². The zero-order valence-corrected chi connectivity index (χ0v) is 17.5. The minimum atomic E-state index is -4.86. The summed E-state index contributed by atoms with van der Waals surface area (Å²) in [5, 5.41) is 18.0. The maximum atomic E-state index is 12.7. The molecule has 4 aromatic rings. The molecule has 0 aliphatic heterocycles. The van der Waals surface area contributed by atoms with E-state index in [1.54, 1.807) is 6.07 Å². The van der Waals surface area contributed by atoms with E-state index in [9.17, 15) is 27.9 Å². The molecule has 1 N–H and O–H groups in total. The molecule has 1 aromatic carbocycles. The second-order valence-electron chi connectivity index (χ2n) is 7.01. The molecule has 0 aliphatic rings. The number of hydrogen-bond acceptors (Lipinski definition) is 6. The Bertz CT molecular complexity index is 1430. The van der Waals surface area contributed by atoms with Crippen LogP contribution in [0.25, 0.3) is 22.9 Å². The molecule has 34 heavy (non-hydrogen) atoms. The second kappa shape index (κ2) is 8.81. The maximum absolute atomic E-state index is 12.7. The monoisotopic (exact) mass is 471 g/mol. The van der Waals surface area contributed by atoms with Crippen LogP contribution in [0.5, 0.6) is 5.75 Å². The molecule has 0 atom stereocenters. The molecule has 9 nitrogen and oxygen atoms in total. The fourth-order valence-corrected chi connectivity index (χ4v) is 3.17. The second-order valence-corrected chi connectivity index (χ2v) is 7.01. The Morgan fingerprint density at radius 1 is 1.12 bits per heavy atom. The van der Waals surface area contributed by atoms with Crippen molar-refractivity contribution in [1.82, 2.24) is 24.5 Å². The molecule has 3 aromatic heterocycles. The van der Waals surface area contributed by atoms with Crippen molar-refractivity contribution in [1.29, 1.82) is 0 Å². The number of benzene rings is 1. The lowest BCUT2D eigenvalue weighted by molar-refractivity contribution is -0.274. The minimum absolute atomic E-state index is 0.0237. The van der Waals surface area contributed by atoms with Crippen LogP contribution in [0.1, 0.15) is 23.0 Å². The summed E-state index contributed by atoms with van der Waals surface area (Å²) >= 11 is 0. The van der Waals surface area contributed by atoms with Gasteiger partial charge in [-0.15, -0.1) is 13.2 Å². The Morgan fingerprint density at radius 3 is 2.62 bits per heavy atom. The van der Waals surface area contributed by atoms with Crippen LogP contribution < -0.4 is 10.2 Å². The van der Waals surface area contributed by atoms with Crippen LogP contribution >= 0.6 is 0 Å². The lowest BCUT2D eigenvalue weighted by atomic mass is 10.2. The van der Waals surface area contributed by atoms with Gasteiger partial charge in [0.15, 0.2) is 11.5 Å². The Kier molecular flexibility index (Phi) is 5.88. The number of aryl methyl sites for hydroxylation is 1. The molecule has 0 radical (unpaired) electrons. The summed E-state index contributed by atoms with van der Waals surface area (Å²) in [7, 11) is 0. The van der Waals surface area contributed by atoms with Crippen LogP contribution in [0, 0.1) is 0 Å². The molecule has 0 saturated carbocycles. The molecular formula is C22H16F3N5O4. The largest absolute Gasteiger partial charge is 0.573 e. The molecule has 12 heteroatoms. The molecule has 4 rings (SSSR count). The molecule has 0 bridgehead atoms. The minimum Gasteiger partial charge on any atom is -0.478 e. The van der Waals surface area contributed by atoms with Gasteiger partial charge in [-0.3, -0.25) is 4.79 Å². The number of pyridine rings is 1. The van der Waals surface area contributed by atoms with Crippen LogP contribution in [0.2, 0.25) is 0 Å². The summed E-state index contributed by atoms with van der Waals surface area (Å²) in [5.74, 6) is -1.44. The van der Waals surface area contributed by atoms with Crippen molar-refractivity contribution in [3.8, 4) is 28.6 Å². The highest BCUT2D eigenvalue weighted by Gasteiger charge is 2.31. The average Bonchev–Trinajstić information content (AvgIpc) is 3.23. The van der Waals surface area contributed by atoms with Crippen LogP contribution in [0.15, 0.2) is 65.7 Å². The van der Waals surface area contributed by atoms with Gasteiger partial charge < -0.3 is 9.84 Å². The van der Waals surface area contributed by atoms with Crippen molar-refractivity contribution in [3.63, 3.8) is 0 Å². The van der Waals surface area contributed by atoms with Gasteiger partial charge in [-0.25, -0.2) is 19.1 Å². The first-order valence-corrected chi connectivity index (χ1v) is 9.90. The predicted molar refractivity (Wildman–Crippen MR) is 113 cm³/mol. The molecule has 0 aliphatic carbocycles. The van der Waals surface area contributed by atoms with Crippen molar-refractivity contribution < 1.29 is 27.8 Å². The van der Waals surface area contributed by atoms with E-state index in [4.69, 9.17) is 0 Å². The third-order valence-electron chi connectivity index (χ3n) is 4.70. The number of nitrogens with zero attached hydrogens (tertiary/aromatic N) is 5. The lowest BCUT2D eigenvalue weighted by Crippen LogP contribution is -2.18. The van der Waals surface area contributed by atoms with Gasteiger partial charge >= 0.3 is 12.3 Å². The fraction of sp³-hybridized carbons (Fsp3) is 0.136. The van der Waals surface area contributed by atoms with Crippen LogP contribution in [-0.4, -0.2) is 42.0 Å². The van der Waals surface area contributed by atoms with E-state index in [2.05, 4.69) is 19.9 Å². The van der Waals surface area contributed by atoms with Crippen molar-refractivity contribution in [2.24, 2.45) is 0 Å². The quantitative estimate of drug-likeness (QED) is 0.457. The highest BCUT2D eigenvalue weighted by molar-refractivity contribution is 5.88. The smallest absolute Gasteiger partial charge is 0.478 e. The Balaban J connectivity index is 1.83. The molecular weight excluding hydrogens is 455 g/mol. The Labute approximate surface area is 189 Å². The van der Waals surface area contributed by atoms with E-state index >= 15 is 0 Å².